The first-order valence-electron chi connectivity index (χ1n) is 9.63. The van der Waals surface area contributed by atoms with E-state index in [4.69, 9.17) is 4.42 Å². The molecule has 3 fully saturated rings. The van der Waals surface area contributed by atoms with E-state index in [2.05, 4.69) is 25.4 Å². The van der Waals surface area contributed by atoms with Gasteiger partial charge in [0.05, 0.1) is 6.20 Å². The average molecular weight is 355 g/mol. The molecule has 2 bridgehead atoms. The van der Waals surface area contributed by atoms with Crippen LogP contribution < -0.4 is 15.5 Å². The second-order valence-electron chi connectivity index (χ2n) is 7.75. The van der Waals surface area contributed by atoms with Crippen LogP contribution in [0.15, 0.2) is 22.7 Å². The van der Waals surface area contributed by atoms with Crippen molar-refractivity contribution in [3.05, 3.63) is 24.0 Å². The quantitative estimate of drug-likeness (QED) is 0.858. The smallest absolute Gasteiger partial charge is 0.270 e. The number of piperazine rings is 1. The first-order chi connectivity index (χ1) is 12.7. The third-order valence-electron chi connectivity index (χ3n) is 5.85. The van der Waals surface area contributed by atoms with Gasteiger partial charge < -0.3 is 24.9 Å². The largest absolute Gasteiger partial charge is 0.439 e. The van der Waals surface area contributed by atoms with Crippen molar-refractivity contribution in [3.63, 3.8) is 0 Å². The Morgan fingerprint density at radius 1 is 1.23 bits per heavy atom. The minimum atomic E-state index is -0.0793. The number of fused-ring (bicyclic) bond motifs is 3. The van der Waals surface area contributed by atoms with Crippen molar-refractivity contribution >= 4 is 22.8 Å². The highest BCUT2D eigenvalue weighted by atomic mass is 16.4. The average Bonchev–Trinajstić information content (AvgIpc) is 3.24. The first kappa shape index (κ1) is 16.1. The molecule has 0 aromatic carbocycles. The van der Waals surface area contributed by atoms with E-state index >= 15 is 0 Å². The fraction of sp³-hybridized carbons (Fsp3) is 0.579. The molecule has 3 saturated heterocycles. The summed E-state index contributed by atoms with van der Waals surface area (Å²) in [5.74, 6) is 1.52. The Kier molecular flexibility index (Phi) is 4.05. The van der Waals surface area contributed by atoms with Crippen LogP contribution in [0.3, 0.4) is 0 Å². The maximum absolute atomic E-state index is 12.7. The number of hydrogen-bond donors (Lipinski definition) is 2. The number of pyridine rings is 1. The van der Waals surface area contributed by atoms with Gasteiger partial charge in [0.25, 0.3) is 5.91 Å². The van der Waals surface area contributed by atoms with Crippen LogP contribution in [0.5, 0.6) is 0 Å². The summed E-state index contributed by atoms with van der Waals surface area (Å²) < 4.78 is 5.93. The van der Waals surface area contributed by atoms with E-state index in [1.807, 2.05) is 12.1 Å². The minimum Gasteiger partial charge on any atom is -0.439 e. The fourth-order valence-electron chi connectivity index (χ4n) is 4.52. The highest BCUT2D eigenvalue weighted by Crippen LogP contribution is 2.28. The van der Waals surface area contributed by atoms with E-state index < -0.39 is 0 Å². The second kappa shape index (κ2) is 6.55. The van der Waals surface area contributed by atoms with Crippen molar-refractivity contribution in [1.29, 1.82) is 0 Å². The van der Waals surface area contributed by atoms with E-state index in [0.717, 1.165) is 61.9 Å². The van der Waals surface area contributed by atoms with Gasteiger partial charge in [-0.25, -0.2) is 4.98 Å². The summed E-state index contributed by atoms with van der Waals surface area (Å²) in [7, 11) is 0. The molecule has 0 spiro atoms. The van der Waals surface area contributed by atoms with Gasteiger partial charge in [-0.1, -0.05) is 0 Å². The molecule has 7 heteroatoms. The Morgan fingerprint density at radius 3 is 2.96 bits per heavy atom. The topological polar surface area (TPSA) is 73.6 Å². The highest BCUT2D eigenvalue weighted by Gasteiger charge is 2.33. The molecule has 5 heterocycles. The molecule has 0 saturated carbocycles. The van der Waals surface area contributed by atoms with Crippen molar-refractivity contribution in [3.8, 4) is 0 Å². The molecular weight excluding hydrogens is 330 g/mol. The third kappa shape index (κ3) is 3.05. The number of aromatic nitrogens is 1. The van der Waals surface area contributed by atoms with Crippen LogP contribution >= 0.6 is 0 Å². The number of hydrogen-bond acceptors (Lipinski definition) is 6. The van der Waals surface area contributed by atoms with Gasteiger partial charge >= 0.3 is 0 Å². The van der Waals surface area contributed by atoms with Gasteiger partial charge in [-0.05, 0) is 31.4 Å². The summed E-state index contributed by atoms with van der Waals surface area (Å²) in [6.07, 6.45) is 4.02. The zero-order chi connectivity index (χ0) is 17.5. The molecule has 26 heavy (non-hydrogen) atoms. The molecule has 0 aliphatic carbocycles. The number of nitrogens with zero attached hydrogens (tertiary/aromatic N) is 3. The standard InChI is InChI=1S/C19H25N5O2/c25-19(22-15-7-13-1-4-23(11-13)12-15)16-8-14-9-18(26-17(14)10-21-16)24-5-2-20-3-6-24/h8-10,13,15,20H,1-7,11-12H2,(H,22,25). The number of nitrogens with one attached hydrogen (secondary N) is 2. The highest BCUT2D eigenvalue weighted by molar-refractivity contribution is 5.96. The summed E-state index contributed by atoms with van der Waals surface area (Å²) in [6, 6.07) is 4.10. The van der Waals surface area contributed by atoms with E-state index in [1.54, 1.807) is 6.20 Å². The van der Waals surface area contributed by atoms with Crippen molar-refractivity contribution in [2.75, 3.05) is 50.7 Å². The molecule has 0 radical (unpaired) electrons. The SMILES string of the molecule is O=C(NC1CC2CCN(C2)C1)c1cc2cc(N3CCNCC3)oc2cn1. The summed E-state index contributed by atoms with van der Waals surface area (Å²) in [6.45, 7) is 7.11. The number of amides is 1. The second-order valence-corrected chi connectivity index (χ2v) is 7.75. The molecule has 3 aliphatic rings. The van der Waals surface area contributed by atoms with Gasteiger partial charge in [0, 0.05) is 56.8 Å². The Labute approximate surface area is 152 Å². The van der Waals surface area contributed by atoms with Gasteiger partial charge in [0.15, 0.2) is 11.5 Å². The third-order valence-corrected chi connectivity index (χ3v) is 5.85. The molecule has 138 valence electrons. The lowest BCUT2D eigenvalue weighted by molar-refractivity contribution is 0.0904. The fourth-order valence-corrected chi connectivity index (χ4v) is 4.52. The van der Waals surface area contributed by atoms with Crippen LogP contribution in [0.4, 0.5) is 5.88 Å². The van der Waals surface area contributed by atoms with Crippen molar-refractivity contribution < 1.29 is 9.21 Å². The zero-order valence-corrected chi connectivity index (χ0v) is 14.9. The van der Waals surface area contributed by atoms with E-state index in [9.17, 15) is 4.79 Å². The van der Waals surface area contributed by atoms with Crippen molar-refractivity contribution in [1.82, 2.24) is 20.5 Å². The van der Waals surface area contributed by atoms with Crippen molar-refractivity contribution in [2.24, 2.45) is 5.92 Å². The Bertz CT molecular complexity index is 801. The number of rotatable bonds is 3. The molecule has 5 rings (SSSR count). The Hall–Kier alpha value is -2.12. The summed E-state index contributed by atoms with van der Waals surface area (Å²) in [4.78, 5) is 21.7. The molecule has 2 N–H and O–H groups in total. The lowest BCUT2D eigenvalue weighted by Gasteiger charge is -2.30. The maximum atomic E-state index is 12.7. The predicted octanol–water partition coefficient (Wildman–Crippen LogP) is 1.06. The Morgan fingerprint density at radius 2 is 2.12 bits per heavy atom. The summed E-state index contributed by atoms with van der Waals surface area (Å²) >= 11 is 0. The molecule has 3 aliphatic heterocycles. The number of anilines is 1. The molecule has 2 aromatic heterocycles. The van der Waals surface area contributed by atoms with Crippen LogP contribution in [0.25, 0.3) is 11.0 Å². The molecular formula is C19H25N5O2. The number of carbonyl (C=O) groups excluding carboxylic acids is 1. The molecule has 1 amide bonds. The lowest BCUT2D eigenvalue weighted by Crippen LogP contribution is -2.47. The van der Waals surface area contributed by atoms with Crippen LogP contribution in [-0.4, -0.2) is 67.6 Å². The predicted molar refractivity (Wildman–Crippen MR) is 99.5 cm³/mol. The molecule has 3 atom stereocenters. The normalized spacial score (nSPS) is 28.5. The maximum Gasteiger partial charge on any atom is 0.270 e. The molecule has 2 aromatic rings. The Balaban J connectivity index is 1.31. The van der Waals surface area contributed by atoms with Crippen LogP contribution in [-0.2, 0) is 0 Å². The summed E-state index contributed by atoms with van der Waals surface area (Å²) in [5.41, 5.74) is 1.20. The lowest BCUT2D eigenvalue weighted by atomic mass is 9.97. The van der Waals surface area contributed by atoms with Crippen LogP contribution in [0, 0.1) is 5.92 Å². The number of furan rings is 1. The van der Waals surface area contributed by atoms with Gasteiger partial charge in [-0.3, -0.25) is 4.79 Å². The van der Waals surface area contributed by atoms with Gasteiger partial charge in [0.1, 0.15) is 5.69 Å². The van der Waals surface area contributed by atoms with E-state index in [0.29, 0.717) is 5.69 Å². The van der Waals surface area contributed by atoms with E-state index in [1.165, 1.54) is 19.5 Å². The van der Waals surface area contributed by atoms with Gasteiger partial charge in [0.2, 0.25) is 0 Å². The minimum absolute atomic E-state index is 0.0793. The van der Waals surface area contributed by atoms with E-state index in [-0.39, 0.29) is 11.9 Å². The first-order valence-corrected chi connectivity index (χ1v) is 9.63. The molecule has 7 nitrogen and oxygen atoms in total. The number of carbonyl (C=O) groups is 1. The molecule has 3 unspecified atom stereocenters. The monoisotopic (exact) mass is 355 g/mol. The number of piperidine rings is 1. The van der Waals surface area contributed by atoms with Crippen LogP contribution in [0.2, 0.25) is 0 Å². The summed E-state index contributed by atoms with van der Waals surface area (Å²) in [5, 5.41) is 7.45. The van der Waals surface area contributed by atoms with Crippen LogP contribution in [0.1, 0.15) is 23.3 Å². The van der Waals surface area contributed by atoms with Crippen molar-refractivity contribution in [2.45, 2.75) is 18.9 Å². The zero-order valence-electron chi connectivity index (χ0n) is 14.9. The van der Waals surface area contributed by atoms with Gasteiger partial charge in [-0.2, -0.15) is 0 Å². The van der Waals surface area contributed by atoms with Gasteiger partial charge in [-0.15, -0.1) is 0 Å².